The van der Waals surface area contributed by atoms with Gasteiger partial charge < -0.3 is 11.1 Å². The highest BCUT2D eigenvalue weighted by atomic mass is 32.1. The molecule has 0 saturated heterocycles. The lowest BCUT2D eigenvalue weighted by molar-refractivity contribution is -0.114. The summed E-state index contributed by atoms with van der Waals surface area (Å²) in [7, 11) is 0. The Kier molecular flexibility index (Phi) is 3.51. The number of nitrogens with one attached hydrogen (secondary N) is 1. The summed E-state index contributed by atoms with van der Waals surface area (Å²) in [5.74, 6) is -0.0815. The number of thiazole rings is 1. The zero-order valence-electron chi connectivity index (χ0n) is 9.38. The van der Waals surface area contributed by atoms with Crippen molar-refractivity contribution in [3.05, 3.63) is 46.4 Å². The third kappa shape index (κ3) is 2.89. The lowest BCUT2D eigenvalue weighted by Crippen LogP contribution is -2.11. The summed E-state index contributed by atoms with van der Waals surface area (Å²) in [6, 6.07) is 7.27. The predicted molar refractivity (Wildman–Crippen MR) is 68.9 cm³/mol. The van der Waals surface area contributed by atoms with E-state index < -0.39 is 0 Å². The standard InChI is InChI=1S/C12H13N3OS/c1-8(16)15-10-4-2-9(3-5-10)11(13)12-14-6-7-17-12/h2-7,11H,13H2,1H3,(H,15,16). The first-order valence-corrected chi connectivity index (χ1v) is 6.07. The highest BCUT2D eigenvalue weighted by Gasteiger charge is 2.10. The van der Waals surface area contributed by atoms with E-state index >= 15 is 0 Å². The Morgan fingerprint density at radius 2 is 2.12 bits per heavy atom. The van der Waals surface area contributed by atoms with E-state index in [1.165, 1.54) is 18.3 Å². The van der Waals surface area contributed by atoms with Gasteiger partial charge in [-0.05, 0) is 17.7 Å². The largest absolute Gasteiger partial charge is 0.326 e. The normalized spacial score (nSPS) is 12.1. The molecular formula is C12H13N3OS. The van der Waals surface area contributed by atoms with Crippen molar-refractivity contribution in [1.82, 2.24) is 4.98 Å². The molecular weight excluding hydrogens is 234 g/mol. The molecule has 0 aliphatic carbocycles. The van der Waals surface area contributed by atoms with Crippen LogP contribution >= 0.6 is 11.3 Å². The second-order valence-electron chi connectivity index (χ2n) is 3.65. The van der Waals surface area contributed by atoms with Gasteiger partial charge in [-0.3, -0.25) is 4.79 Å². The molecule has 1 aromatic carbocycles. The number of aromatic nitrogens is 1. The van der Waals surface area contributed by atoms with Gasteiger partial charge in [0.1, 0.15) is 5.01 Å². The molecule has 0 saturated carbocycles. The van der Waals surface area contributed by atoms with Crippen LogP contribution in [0.5, 0.6) is 0 Å². The molecule has 0 bridgehead atoms. The number of carbonyl (C=O) groups is 1. The van der Waals surface area contributed by atoms with Gasteiger partial charge in [0.15, 0.2) is 0 Å². The fourth-order valence-electron chi connectivity index (χ4n) is 1.51. The Balaban J connectivity index is 2.15. The van der Waals surface area contributed by atoms with Gasteiger partial charge in [0, 0.05) is 24.2 Å². The van der Waals surface area contributed by atoms with E-state index in [2.05, 4.69) is 10.3 Å². The Labute approximate surface area is 103 Å². The molecule has 0 spiro atoms. The van der Waals surface area contributed by atoms with E-state index in [1.54, 1.807) is 6.20 Å². The number of hydrogen-bond acceptors (Lipinski definition) is 4. The van der Waals surface area contributed by atoms with Gasteiger partial charge in [-0.2, -0.15) is 0 Å². The highest BCUT2D eigenvalue weighted by Crippen LogP contribution is 2.22. The molecule has 5 heteroatoms. The van der Waals surface area contributed by atoms with Crippen molar-refractivity contribution in [2.24, 2.45) is 5.73 Å². The lowest BCUT2D eigenvalue weighted by atomic mass is 10.1. The predicted octanol–water partition coefficient (Wildman–Crippen LogP) is 2.15. The van der Waals surface area contributed by atoms with Gasteiger partial charge in [-0.1, -0.05) is 12.1 Å². The van der Waals surface area contributed by atoms with Crippen LogP contribution in [0.3, 0.4) is 0 Å². The Bertz CT molecular complexity index is 493. The van der Waals surface area contributed by atoms with Crippen LogP contribution in [0.1, 0.15) is 23.5 Å². The van der Waals surface area contributed by atoms with Crippen LogP contribution in [0, 0.1) is 0 Å². The molecule has 88 valence electrons. The van der Waals surface area contributed by atoms with Gasteiger partial charge in [0.05, 0.1) is 6.04 Å². The molecule has 17 heavy (non-hydrogen) atoms. The lowest BCUT2D eigenvalue weighted by Gasteiger charge is -2.09. The molecule has 2 rings (SSSR count). The second kappa shape index (κ2) is 5.07. The summed E-state index contributed by atoms with van der Waals surface area (Å²) in [6.45, 7) is 1.48. The van der Waals surface area contributed by atoms with Crippen molar-refractivity contribution < 1.29 is 4.79 Å². The van der Waals surface area contributed by atoms with E-state index in [0.29, 0.717) is 0 Å². The average molecular weight is 247 g/mol. The van der Waals surface area contributed by atoms with Crippen molar-refractivity contribution >= 4 is 22.9 Å². The highest BCUT2D eigenvalue weighted by molar-refractivity contribution is 7.09. The maximum Gasteiger partial charge on any atom is 0.221 e. The molecule has 3 N–H and O–H groups in total. The summed E-state index contributed by atoms with van der Waals surface area (Å²) in [4.78, 5) is 15.1. The molecule has 1 amide bonds. The number of anilines is 1. The molecule has 1 aromatic heterocycles. The van der Waals surface area contributed by atoms with Crippen LogP contribution in [0.2, 0.25) is 0 Å². The smallest absolute Gasteiger partial charge is 0.221 e. The number of rotatable bonds is 3. The third-order valence-electron chi connectivity index (χ3n) is 2.31. The summed E-state index contributed by atoms with van der Waals surface area (Å²) in [6.07, 6.45) is 1.74. The molecule has 0 aliphatic heterocycles. The first kappa shape index (κ1) is 11.8. The topological polar surface area (TPSA) is 68.0 Å². The molecule has 4 nitrogen and oxygen atoms in total. The van der Waals surface area contributed by atoms with E-state index in [1.807, 2.05) is 29.6 Å². The molecule has 0 fully saturated rings. The molecule has 2 aromatic rings. The SMILES string of the molecule is CC(=O)Nc1ccc(C(N)c2nccs2)cc1. The van der Waals surface area contributed by atoms with Gasteiger partial charge in [0.2, 0.25) is 5.91 Å². The fraction of sp³-hybridized carbons (Fsp3) is 0.167. The molecule has 1 unspecified atom stereocenters. The number of nitrogens with two attached hydrogens (primary N) is 1. The van der Waals surface area contributed by atoms with Gasteiger partial charge in [-0.15, -0.1) is 11.3 Å². The molecule has 0 radical (unpaired) electrons. The molecule has 1 atom stereocenters. The first-order chi connectivity index (χ1) is 8.16. The van der Waals surface area contributed by atoms with Crippen LogP contribution < -0.4 is 11.1 Å². The quantitative estimate of drug-likeness (QED) is 0.873. The van der Waals surface area contributed by atoms with Crippen molar-refractivity contribution in [2.45, 2.75) is 13.0 Å². The maximum absolute atomic E-state index is 10.9. The first-order valence-electron chi connectivity index (χ1n) is 5.19. The Hall–Kier alpha value is -1.72. The van der Waals surface area contributed by atoms with Gasteiger partial charge >= 0.3 is 0 Å². The maximum atomic E-state index is 10.9. The third-order valence-corrected chi connectivity index (χ3v) is 3.17. The van der Waals surface area contributed by atoms with Gasteiger partial charge in [0.25, 0.3) is 0 Å². The number of nitrogens with zero attached hydrogens (tertiary/aromatic N) is 1. The van der Waals surface area contributed by atoms with E-state index in [-0.39, 0.29) is 11.9 Å². The number of carbonyl (C=O) groups excluding carboxylic acids is 1. The van der Waals surface area contributed by atoms with Crippen LogP contribution in [0.15, 0.2) is 35.8 Å². The van der Waals surface area contributed by atoms with Crippen LogP contribution in [-0.2, 0) is 4.79 Å². The number of amides is 1. The minimum absolute atomic E-state index is 0.0815. The summed E-state index contributed by atoms with van der Waals surface area (Å²) >= 11 is 1.53. The summed E-state index contributed by atoms with van der Waals surface area (Å²) < 4.78 is 0. The minimum atomic E-state index is -0.207. The second-order valence-corrected chi connectivity index (χ2v) is 4.58. The molecule has 0 aliphatic rings. The zero-order valence-corrected chi connectivity index (χ0v) is 10.2. The van der Waals surface area contributed by atoms with Crippen LogP contribution in [-0.4, -0.2) is 10.9 Å². The fourth-order valence-corrected chi connectivity index (χ4v) is 2.17. The minimum Gasteiger partial charge on any atom is -0.326 e. The Morgan fingerprint density at radius 3 is 2.65 bits per heavy atom. The van der Waals surface area contributed by atoms with Crippen molar-refractivity contribution in [3.8, 4) is 0 Å². The average Bonchev–Trinajstić information content (AvgIpc) is 2.82. The summed E-state index contributed by atoms with van der Waals surface area (Å²) in [5, 5.41) is 5.50. The van der Waals surface area contributed by atoms with E-state index in [4.69, 9.17) is 5.73 Å². The van der Waals surface area contributed by atoms with Crippen molar-refractivity contribution in [3.63, 3.8) is 0 Å². The van der Waals surface area contributed by atoms with Crippen LogP contribution in [0.4, 0.5) is 5.69 Å². The van der Waals surface area contributed by atoms with Crippen molar-refractivity contribution in [2.75, 3.05) is 5.32 Å². The zero-order chi connectivity index (χ0) is 12.3. The van der Waals surface area contributed by atoms with E-state index in [9.17, 15) is 4.79 Å². The van der Waals surface area contributed by atoms with E-state index in [0.717, 1.165) is 16.3 Å². The van der Waals surface area contributed by atoms with Crippen LogP contribution in [0.25, 0.3) is 0 Å². The summed E-state index contributed by atoms with van der Waals surface area (Å²) in [5.41, 5.74) is 7.82. The van der Waals surface area contributed by atoms with Gasteiger partial charge in [-0.25, -0.2) is 4.98 Å². The monoisotopic (exact) mass is 247 g/mol. The number of hydrogen-bond donors (Lipinski definition) is 2. The Morgan fingerprint density at radius 1 is 1.41 bits per heavy atom. The molecule has 1 heterocycles. The van der Waals surface area contributed by atoms with Crippen molar-refractivity contribution in [1.29, 1.82) is 0 Å². The number of benzene rings is 1.